The lowest BCUT2D eigenvalue weighted by atomic mass is 9.87. The molecule has 7 heterocycles. The molecule has 7 nitrogen and oxygen atoms in total. The molecule has 3 fully saturated rings. The average molecular weight is 389 g/mol. The second-order valence-corrected chi connectivity index (χ2v) is 8.39. The molecule has 1 N–H and O–H groups in total. The Hall–Kier alpha value is -2.84. The van der Waals surface area contributed by atoms with Gasteiger partial charge in [-0.15, -0.1) is 11.3 Å². The standard InChI is InChI=1S/C20H19N7S/c1-2-17(23-8-13(1)19-16-3-4-22-20(16)25-12-24-19)26-9-14-7-15(10-26)27(14)11-18-21-5-6-28-18/h1-6,8,12,14-15H,7,9-11H2,(H,22,24,25). The van der Waals surface area contributed by atoms with E-state index in [0.717, 1.165) is 47.7 Å². The fourth-order valence-electron chi connectivity index (χ4n) is 4.44. The van der Waals surface area contributed by atoms with Crippen LogP contribution in [-0.4, -0.2) is 55.0 Å². The lowest BCUT2D eigenvalue weighted by molar-refractivity contribution is -0.00872. The van der Waals surface area contributed by atoms with Gasteiger partial charge in [0.25, 0.3) is 0 Å². The maximum atomic E-state index is 4.75. The third-order valence-corrected chi connectivity index (χ3v) is 6.61. The molecule has 0 aliphatic carbocycles. The third-order valence-electron chi connectivity index (χ3n) is 5.85. The first-order valence-electron chi connectivity index (χ1n) is 9.49. The first kappa shape index (κ1) is 16.1. The van der Waals surface area contributed by atoms with Gasteiger partial charge in [0.2, 0.25) is 0 Å². The molecule has 4 aromatic heterocycles. The van der Waals surface area contributed by atoms with Gasteiger partial charge in [-0.05, 0) is 24.6 Å². The molecule has 3 saturated heterocycles. The van der Waals surface area contributed by atoms with E-state index >= 15 is 0 Å². The lowest BCUT2D eigenvalue weighted by Gasteiger charge is -2.56. The highest BCUT2D eigenvalue weighted by atomic mass is 32.1. The molecule has 7 rings (SSSR count). The molecule has 0 aromatic carbocycles. The Balaban J connectivity index is 1.19. The third kappa shape index (κ3) is 2.60. The number of piperazine rings is 1. The number of anilines is 1. The van der Waals surface area contributed by atoms with E-state index in [1.807, 2.05) is 24.7 Å². The highest BCUT2D eigenvalue weighted by molar-refractivity contribution is 7.09. The van der Waals surface area contributed by atoms with Gasteiger partial charge in [-0.2, -0.15) is 0 Å². The van der Waals surface area contributed by atoms with Crippen molar-refractivity contribution >= 4 is 28.2 Å². The summed E-state index contributed by atoms with van der Waals surface area (Å²) in [6.07, 6.45) is 8.59. The van der Waals surface area contributed by atoms with Crippen LogP contribution in [-0.2, 0) is 6.54 Å². The highest BCUT2D eigenvalue weighted by Crippen LogP contribution is 2.36. The minimum absolute atomic E-state index is 0.602. The van der Waals surface area contributed by atoms with Gasteiger partial charge in [-0.1, -0.05) is 0 Å². The monoisotopic (exact) mass is 389 g/mol. The minimum atomic E-state index is 0.602. The quantitative estimate of drug-likeness (QED) is 0.578. The normalized spacial score (nSPS) is 21.8. The Morgan fingerprint density at radius 2 is 2.00 bits per heavy atom. The van der Waals surface area contributed by atoms with Crippen LogP contribution < -0.4 is 4.90 Å². The van der Waals surface area contributed by atoms with Gasteiger partial charge in [0.1, 0.15) is 22.8 Å². The molecule has 0 spiro atoms. The number of hydrogen-bond donors (Lipinski definition) is 1. The number of pyridine rings is 1. The van der Waals surface area contributed by atoms with Crippen LogP contribution in [0.3, 0.4) is 0 Å². The van der Waals surface area contributed by atoms with Crippen molar-refractivity contribution in [3.05, 3.63) is 53.5 Å². The molecule has 28 heavy (non-hydrogen) atoms. The fourth-order valence-corrected chi connectivity index (χ4v) is 5.06. The van der Waals surface area contributed by atoms with Gasteiger partial charge in [-0.25, -0.2) is 19.9 Å². The van der Waals surface area contributed by atoms with Crippen LogP contribution in [0.5, 0.6) is 0 Å². The van der Waals surface area contributed by atoms with Gasteiger partial charge >= 0.3 is 0 Å². The van der Waals surface area contributed by atoms with Crippen molar-refractivity contribution in [2.75, 3.05) is 18.0 Å². The van der Waals surface area contributed by atoms with Crippen LogP contribution in [0.25, 0.3) is 22.3 Å². The second kappa shape index (κ2) is 6.35. The summed E-state index contributed by atoms with van der Waals surface area (Å²) in [5.41, 5.74) is 2.79. The maximum absolute atomic E-state index is 4.75. The Morgan fingerprint density at radius 3 is 2.79 bits per heavy atom. The molecule has 0 radical (unpaired) electrons. The number of nitrogens with one attached hydrogen (secondary N) is 1. The Labute approximate surface area is 166 Å². The summed E-state index contributed by atoms with van der Waals surface area (Å²) in [5.74, 6) is 1.05. The SMILES string of the molecule is c1csc(CN2C3CC2CN(c2ccc(-c4ncnc5[nH]ccc45)cn2)C3)n1. The average Bonchev–Trinajstić information content (AvgIpc) is 3.44. The number of nitrogens with zero attached hydrogens (tertiary/aromatic N) is 6. The smallest absolute Gasteiger partial charge is 0.141 e. The minimum Gasteiger partial charge on any atom is -0.353 e. The number of hydrogen-bond acceptors (Lipinski definition) is 7. The van der Waals surface area contributed by atoms with E-state index in [9.17, 15) is 0 Å². The number of thiazole rings is 1. The van der Waals surface area contributed by atoms with Crippen molar-refractivity contribution in [3.8, 4) is 11.3 Å². The fraction of sp³-hybridized carbons (Fsp3) is 0.300. The molecule has 3 aliphatic rings. The molecule has 3 aliphatic heterocycles. The largest absolute Gasteiger partial charge is 0.353 e. The zero-order valence-electron chi connectivity index (χ0n) is 15.2. The number of H-pyrrole nitrogens is 1. The van der Waals surface area contributed by atoms with Crippen LogP contribution in [0.15, 0.2) is 48.5 Å². The van der Waals surface area contributed by atoms with Gasteiger partial charge in [-0.3, -0.25) is 4.90 Å². The summed E-state index contributed by atoms with van der Waals surface area (Å²) in [6.45, 7) is 3.04. The molecule has 2 bridgehead atoms. The van der Waals surface area contributed by atoms with Crippen molar-refractivity contribution in [1.82, 2.24) is 29.8 Å². The van der Waals surface area contributed by atoms with Gasteiger partial charge < -0.3 is 9.88 Å². The molecule has 140 valence electrons. The van der Waals surface area contributed by atoms with E-state index in [-0.39, 0.29) is 0 Å². The summed E-state index contributed by atoms with van der Waals surface area (Å²) in [7, 11) is 0. The van der Waals surface area contributed by atoms with Crippen LogP contribution in [0, 0.1) is 0 Å². The molecule has 2 unspecified atom stereocenters. The summed E-state index contributed by atoms with van der Waals surface area (Å²) >= 11 is 1.75. The Bertz CT molecular complexity index is 1090. The maximum Gasteiger partial charge on any atom is 0.141 e. The van der Waals surface area contributed by atoms with Crippen molar-refractivity contribution in [2.45, 2.75) is 25.0 Å². The molecule has 8 heteroatoms. The number of rotatable bonds is 4. The second-order valence-electron chi connectivity index (χ2n) is 7.41. The van der Waals surface area contributed by atoms with Crippen molar-refractivity contribution in [3.63, 3.8) is 0 Å². The number of aromatic nitrogens is 5. The molecule has 2 atom stereocenters. The van der Waals surface area contributed by atoms with E-state index in [4.69, 9.17) is 4.98 Å². The number of fused-ring (bicyclic) bond motifs is 3. The van der Waals surface area contributed by atoms with Crippen LogP contribution in [0.1, 0.15) is 11.4 Å². The summed E-state index contributed by atoms with van der Waals surface area (Å²) in [6, 6.07) is 7.44. The van der Waals surface area contributed by atoms with Crippen molar-refractivity contribution in [1.29, 1.82) is 0 Å². The van der Waals surface area contributed by atoms with Crippen LogP contribution in [0.2, 0.25) is 0 Å². The van der Waals surface area contributed by atoms with E-state index in [0.29, 0.717) is 12.1 Å². The predicted octanol–water partition coefficient (Wildman–Crippen LogP) is 2.94. The van der Waals surface area contributed by atoms with E-state index < -0.39 is 0 Å². The summed E-state index contributed by atoms with van der Waals surface area (Å²) in [5, 5.41) is 4.29. The van der Waals surface area contributed by atoms with E-state index in [1.54, 1.807) is 17.7 Å². The lowest BCUT2D eigenvalue weighted by Crippen LogP contribution is -2.68. The molecule has 0 saturated carbocycles. The molecule has 4 aromatic rings. The summed E-state index contributed by atoms with van der Waals surface area (Å²) in [4.78, 5) is 26.0. The zero-order chi connectivity index (χ0) is 18.5. The summed E-state index contributed by atoms with van der Waals surface area (Å²) < 4.78 is 0. The predicted molar refractivity (Wildman–Crippen MR) is 109 cm³/mol. The number of piperidine rings is 1. The van der Waals surface area contributed by atoms with E-state index in [1.165, 1.54) is 11.4 Å². The Kier molecular flexibility index (Phi) is 3.66. The van der Waals surface area contributed by atoms with Gasteiger partial charge in [0.05, 0.1) is 12.2 Å². The highest BCUT2D eigenvalue weighted by Gasteiger charge is 2.44. The van der Waals surface area contributed by atoms with Gasteiger partial charge in [0.15, 0.2) is 0 Å². The van der Waals surface area contributed by atoms with Crippen LogP contribution >= 0.6 is 11.3 Å². The molecular formula is C20H19N7S. The molecular weight excluding hydrogens is 370 g/mol. The van der Waals surface area contributed by atoms with Gasteiger partial charge in [0, 0.05) is 60.1 Å². The van der Waals surface area contributed by atoms with Crippen molar-refractivity contribution in [2.24, 2.45) is 0 Å². The molecule has 0 amide bonds. The van der Waals surface area contributed by atoms with E-state index in [2.05, 4.69) is 47.2 Å². The number of aromatic amines is 1. The zero-order valence-corrected chi connectivity index (χ0v) is 16.0. The topological polar surface area (TPSA) is 73.8 Å². The Morgan fingerprint density at radius 1 is 1.07 bits per heavy atom. The van der Waals surface area contributed by atoms with Crippen molar-refractivity contribution < 1.29 is 0 Å². The first-order valence-corrected chi connectivity index (χ1v) is 10.4. The van der Waals surface area contributed by atoms with Crippen LogP contribution in [0.4, 0.5) is 5.82 Å². The first-order chi connectivity index (χ1) is 13.8.